The van der Waals surface area contributed by atoms with Gasteiger partial charge in [-0.15, -0.1) is 0 Å². The zero-order valence-corrected chi connectivity index (χ0v) is 15.0. The number of benzene rings is 1. The maximum absolute atomic E-state index is 14.2. The smallest absolute Gasteiger partial charge is 0.279 e. The predicted octanol–water partition coefficient (Wildman–Crippen LogP) is 2.46. The molecule has 0 fully saturated rings. The van der Waals surface area contributed by atoms with Crippen LogP contribution < -0.4 is 11.0 Å². The van der Waals surface area contributed by atoms with Crippen molar-refractivity contribution in [1.29, 1.82) is 0 Å². The van der Waals surface area contributed by atoms with Gasteiger partial charge in [-0.3, -0.25) is 9.59 Å². The molecule has 0 aliphatic rings. The number of nitrogens with zero attached hydrogens (tertiary/aromatic N) is 4. The molecule has 0 spiro atoms. The van der Waals surface area contributed by atoms with Gasteiger partial charge in [0.25, 0.3) is 5.56 Å². The Morgan fingerprint density at radius 1 is 1.18 bits per heavy atom. The third kappa shape index (κ3) is 2.93. The van der Waals surface area contributed by atoms with Gasteiger partial charge in [-0.2, -0.15) is 0 Å². The first-order chi connectivity index (χ1) is 13.5. The molecule has 3 heterocycles. The maximum Gasteiger partial charge on any atom is 0.279 e. The summed E-state index contributed by atoms with van der Waals surface area (Å²) in [6.07, 6.45) is 7.07. The summed E-state index contributed by atoms with van der Waals surface area (Å²) >= 11 is 5.78. The topological polar surface area (TPSA) is 89.5 Å². The first kappa shape index (κ1) is 17.9. The average Bonchev–Trinajstić information content (AvgIpc) is 2.70. The zero-order valence-electron chi connectivity index (χ0n) is 14.2. The zero-order chi connectivity index (χ0) is 19.8. The number of rotatable bonds is 3. The van der Waals surface area contributed by atoms with Gasteiger partial charge in [-0.25, -0.2) is 14.4 Å². The molecular weight excluding hydrogens is 387 g/mol. The van der Waals surface area contributed by atoms with E-state index in [1.54, 1.807) is 6.07 Å². The molecule has 4 rings (SSSR count). The lowest BCUT2D eigenvalue weighted by atomic mass is 10.1. The normalized spacial score (nSPS) is 11.1. The highest BCUT2D eigenvalue weighted by Gasteiger charge is 2.17. The Kier molecular flexibility index (Phi) is 4.40. The van der Waals surface area contributed by atoms with Gasteiger partial charge in [0.1, 0.15) is 12.1 Å². The number of aromatic hydroxyl groups is 1. The van der Waals surface area contributed by atoms with Crippen molar-refractivity contribution in [1.82, 2.24) is 18.9 Å². The molecule has 0 atom stereocenters. The van der Waals surface area contributed by atoms with Crippen molar-refractivity contribution in [2.75, 3.05) is 0 Å². The van der Waals surface area contributed by atoms with Gasteiger partial charge in [-0.05, 0) is 12.1 Å². The van der Waals surface area contributed by atoms with Gasteiger partial charge in [-0.1, -0.05) is 23.7 Å². The van der Waals surface area contributed by atoms with Crippen LogP contribution in [0.1, 0.15) is 5.56 Å². The fourth-order valence-electron chi connectivity index (χ4n) is 2.92. The molecular formula is C19H12ClFN4O3. The highest BCUT2D eigenvalue weighted by Crippen LogP contribution is 2.20. The van der Waals surface area contributed by atoms with Crippen LogP contribution in [0.25, 0.3) is 16.8 Å². The van der Waals surface area contributed by atoms with Crippen LogP contribution in [0.3, 0.4) is 0 Å². The lowest BCUT2D eigenvalue weighted by molar-refractivity contribution is 0.472. The predicted molar refractivity (Wildman–Crippen MR) is 101 cm³/mol. The molecule has 0 radical (unpaired) electrons. The van der Waals surface area contributed by atoms with Crippen molar-refractivity contribution in [3.63, 3.8) is 0 Å². The van der Waals surface area contributed by atoms with E-state index in [1.807, 2.05) is 0 Å². The molecule has 0 saturated heterocycles. The quantitative estimate of drug-likeness (QED) is 0.572. The fourth-order valence-corrected chi connectivity index (χ4v) is 3.11. The van der Waals surface area contributed by atoms with E-state index in [0.29, 0.717) is 5.69 Å². The molecule has 1 aromatic carbocycles. The fraction of sp³-hybridized carbons (Fsp3) is 0.0526. The number of pyridine rings is 1. The number of fused-ring (bicyclic) bond motifs is 1. The summed E-state index contributed by atoms with van der Waals surface area (Å²) in [4.78, 5) is 33.2. The average molecular weight is 399 g/mol. The van der Waals surface area contributed by atoms with Crippen molar-refractivity contribution >= 4 is 17.1 Å². The van der Waals surface area contributed by atoms with E-state index in [1.165, 1.54) is 58.3 Å². The standard InChI is InChI=1S/C19H12ClFN4O3/c20-13-3-1-2-11(15(13)21)8-25-7-6-24-9-12(14-4-5-22-10-23-14)17(26)18(27)16(24)19(25)28/h1-7,9-10,27H,8H2. The second-order valence-electron chi connectivity index (χ2n) is 6.02. The van der Waals surface area contributed by atoms with E-state index in [0.717, 1.165) is 0 Å². The maximum atomic E-state index is 14.2. The highest BCUT2D eigenvalue weighted by atomic mass is 35.5. The van der Waals surface area contributed by atoms with E-state index < -0.39 is 22.6 Å². The van der Waals surface area contributed by atoms with Crippen LogP contribution >= 0.6 is 11.6 Å². The Labute approximate surface area is 161 Å². The van der Waals surface area contributed by atoms with Gasteiger partial charge in [0, 0.05) is 30.4 Å². The molecule has 28 heavy (non-hydrogen) atoms. The first-order valence-corrected chi connectivity index (χ1v) is 8.52. The summed E-state index contributed by atoms with van der Waals surface area (Å²) < 4.78 is 16.7. The second-order valence-corrected chi connectivity index (χ2v) is 6.42. The van der Waals surface area contributed by atoms with Gasteiger partial charge in [0.15, 0.2) is 11.3 Å². The van der Waals surface area contributed by atoms with Crippen molar-refractivity contribution < 1.29 is 9.50 Å². The monoisotopic (exact) mass is 398 g/mol. The van der Waals surface area contributed by atoms with Crippen LogP contribution in [-0.4, -0.2) is 24.0 Å². The highest BCUT2D eigenvalue weighted by molar-refractivity contribution is 6.30. The summed E-state index contributed by atoms with van der Waals surface area (Å²) in [6.45, 7) is -0.108. The minimum atomic E-state index is -0.734. The van der Waals surface area contributed by atoms with Crippen LogP contribution in [0.5, 0.6) is 5.75 Å². The summed E-state index contributed by atoms with van der Waals surface area (Å²) in [5.74, 6) is -1.33. The van der Waals surface area contributed by atoms with E-state index in [-0.39, 0.29) is 28.2 Å². The number of aromatic nitrogens is 4. The molecule has 0 bridgehead atoms. The molecule has 0 saturated carbocycles. The molecule has 0 aliphatic heterocycles. The van der Waals surface area contributed by atoms with Crippen molar-refractivity contribution in [3.8, 4) is 17.0 Å². The molecule has 7 nitrogen and oxygen atoms in total. The van der Waals surface area contributed by atoms with Crippen molar-refractivity contribution in [2.24, 2.45) is 0 Å². The van der Waals surface area contributed by atoms with Gasteiger partial charge < -0.3 is 14.1 Å². The molecule has 9 heteroatoms. The van der Waals surface area contributed by atoms with Gasteiger partial charge in [0.2, 0.25) is 5.43 Å². The molecule has 3 aromatic heterocycles. The van der Waals surface area contributed by atoms with Crippen molar-refractivity contribution in [3.05, 3.63) is 92.4 Å². The summed E-state index contributed by atoms with van der Waals surface area (Å²) in [5, 5.41) is 10.3. The Balaban J connectivity index is 1.88. The van der Waals surface area contributed by atoms with Gasteiger partial charge >= 0.3 is 0 Å². The Bertz CT molecular complexity index is 1320. The molecule has 1 N–H and O–H groups in total. The molecule has 0 amide bonds. The van der Waals surface area contributed by atoms with Gasteiger partial charge in [0.05, 0.1) is 22.8 Å². The van der Waals surface area contributed by atoms with E-state index >= 15 is 0 Å². The third-order valence-corrected chi connectivity index (χ3v) is 4.60. The second kappa shape index (κ2) is 6.90. The Morgan fingerprint density at radius 3 is 2.75 bits per heavy atom. The molecule has 4 aromatic rings. The Hall–Kier alpha value is -3.52. The Morgan fingerprint density at radius 2 is 2.00 bits per heavy atom. The van der Waals surface area contributed by atoms with Crippen LogP contribution in [0.15, 0.2) is 65.0 Å². The molecule has 0 unspecified atom stereocenters. The largest absolute Gasteiger partial charge is 0.503 e. The van der Waals surface area contributed by atoms with Crippen LogP contribution in [-0.2, 0) is 6.54 Å². The van der Waals surface area contributed by atoms with Crippen LogP contribution in [0.4, 0.5) is 4.39 Å². The van der Waals surface area contributed by atoms with E-state index in [4.69, 9.17) is 11.6 Å². The third-order valence-electron chi connectivity index (χ3n) is 4.31. The summed E-state index contributed by atoms with van der Waals surface area (Å²) in [6, 6.07) is 6.00. The molecule has 140 valence electrons. The minimum Gasteiger partial charge on any atom is -0.503 e. The first-order valence-electron chi connectivity index (χ1n) is 8.14. The van der Waals surface area contributed by atoms with Crippen LogP contribution in [0, 0.1) is 5.82 Å². The number of hydrogen-bond acceptors (Lipinski definition) is 5. The van der Waals surface area contributed by atoms with Crippen molar-refractivity contribution in [2.45, 2.75) is 6.54 Å². The lowest BCUT2D eigenvalue weighted by Crippen LogP contribution is -2.25. The molecule has 0 aliphatic carbocycles. The SMILES string of the molecule is O=c1c(-c2ccncn2)cn2ccn(Cc3cccc(Cl)c3F)c(=O)c2c1O. The number of halogens is 2. The number of hydrogen-bond donors (Lipinski definition) is 1. The summed E-state index contributed by atoms with van der Waals surface area (Å²) in [5.41, 5.74) is -0.954. The summed E-state index contributed by atoms with van der Waals surface area (Å²) in [7, 11) is 0. The van der Waals surface area contributed by atoms with E-state index in [2.05, 4.69) is 9.97 Å². The van der Waals surface area contributed by atoms with Crippen LogP contribution in [0.2, 0.25) is 5.02 Å². The van der Waals surface area contributed by atoms with E-state index in [9.17, 15) is 19.1 Å². The minimum absolute atomic E-state index is 0.0557. The lowest BCUT2D eigenvalue weighted by Gasteiger charge is -2.11.